The summed E-state index contributed by atoms with van der Waals surface area (Å²) in [4.78, 5) is 27.2. The van der Waals surface area contributed by atoms with E-state index in [0.29, 0.717) is 27.1 Å². The fraction of sp³-hybridized carbons (Fsp3) is 0.231. The van der Waals surface area contributed by atoms with E-state index in [4.69, 9.17) is 27.9 Å². The van der Waals surface area contributed by atoms with Crippen molar-refractivity contribution in [1.29, 1.82) is 0 Å². The smallest absolute Gasteiger partial charge is 0.244 e. The first kappa shape index (κ1) is 28.3. The van der Waals surface area contributed by atoms with Crippen LogP contribution in [-0.2, 0) is 26.2 Å². The molecule has 3 aromatic rings. The lowest BCUT2D eigenvalue weighted by atomic mass is 10.1. The van der Waals surface area contributed by atoms with Crippen LogP contribution in [0.2, 0.25) is 10.0 Å². The van der Waals surface area contributed by atoms with Gasteiger partial charge < -0.3 is 15.0 Å². The number of anilines is 1. The molecule has 1 N–H and O–H groups in total. The van der Waals surface area contributed by atoms with Gasteiger partial charge in [-0.25, -0.2) is 8.42 Å². The average Bonchev–Trinajstić information content (AvgIpc) is 2.86. The number of sulfonamides is 1. The van der Waals surface area contributed by atoms with Gasteiger partial charge in [-0.3, -0.25) is 13.9 Å². The van der Waals surface area contributed by atoms with Gasteiger partial charge in [-0.1, -0.05) is 47.5 Å². The predicted molar refractivity (Wildman–Crippen MR) is 146 cm³/mol. The molecule has 37 heavy (non-hydrogen) atoms. The summed E-state index contributed by atoms with van der Waals surface area (Å²) < 4.78 is 32.1. The Kier molecular flexibility index (Phi) is 9.42. The van der Waals surface area contributed by atoms with Crippen molar-refractivity contribution < 1.29 is 22.7 Å². The van der Waals surface area contributed by atoms with Gasteiger partial charge in [-0.15, -0.1) is 0 Å². The number of carbonyl (C=O) groups is 2. The number of nitrogens with one attached hydrogen (secondary N) is 1. The van der Waals surface area contributed by atoms with Crippen molar-refractivity contribution in [3.8, 4) is 11.5 Å². The average molecular weight is 564 g/mol. The number of nitrogens with zero attached hydrogens (tertiary/aromatic N) is 2. The fourth-order valence-electron chi connectivity index (χ4n) is 3.54. The summed E-state index contributed by atoms with van der Waals surface area (Å²) >= 11 is 12.3. The maximum absolute atomic E-state index is 13.5. The number of benzene rings is 3. The first-order valence-corrected chi connectivity index (χ1v) is 13.9. The van der Waals surface area contributed by atoms with Crippen molar-refractivity contribution in [3.05, 3.63) is 88.4 Å². The van der Waals surface area contributed by atoms with Crippen LogP contribution in [0.1, 0.15) is 12.5 Å². The SMILES string of the molecule is CNC(=O)C(C)N(Cc1ccc(Cl)cc1Cl)C(=O)CN(c1ccc(Oc2ccccc2)cc1)S(C)(=O)=O. The normalized spacial score (nSPS) is 11.9. The third kappa shape index (κ3) is 7.61. The molecular weight excluding hydrogens is 537 g/mol. The highest BCUT2D eigenvalue weighted by Gasteiger charge is 2.30. The monoisotopic (exact) mass is 563 g/mol. The number of amides is 2. The number of ether oxygens (including phenoxy) is 1. The molecule has 11 heteroatoms. The van der Waals surface area contributed by atoms with Crippen LogP contribution in [0, 0.1) is 0 Å². The van der Waals surface area contributed by atoms with Crippen molar-refractivity contribution in [2.75, 3.05) is 24.2 Å². The van der Waals surface area contributed by atoms with Crippen LogP contribution >= 0.6 is 23.2 Å². The topological polar surface area (TPSA) is 96.0 Å². The van der Waals surface area contributed by atoms with Crippen LogP contribution in [0.15, 0.2) is 72.8 Å². The Hall–Kier alpha value is -3.27. The van der Waals surface area contributed by atoms with Crippen molar-refractivity contribution in [2.24, 2.45) is 0 Å². The van der Waals surface area contributed by atoms with E-state index >= 15 is 0 Å². The number of likely N-dealkylation sites (N-methyl/N-ethyl adjacent to an activating group) is 1. The Bertz CT molecular complexity index is 1350. The minimum atomic E-state index is -3.86. The largest absolute Gasteiger partial charge is 0.457 e. The summed E-state index contributed by atoms with van der Waals surface area (Å²) in [6, 6.07) is 19.4. The molecule has 3 rings (SSSR count). The van der Waals surface area contributed by atoms with Gasteiger partial charge in [0.25, 0.3) is 0 Å². The Morgan fingerprint density at radius 1 is 0.973 bits per heavy atom. The Morgan fingerprint density at radius 3 is 2.16 bits per heavy atom. The van der Waals surface area contributed by atoms with Crippen LogP contribution in [0.25, 0.3) is 0 Å². The lowest BCUT2D eigenvalue weighted by Crippen LogP contribution is -2.50. The van der Waals surface area contributed by atoms with E-state index < -0.39 is 34.4 Å². The fourth-order valence-corrected chi connectivity index (χ4v) is 4.86. The molecule has 8 nitrogen and oxygen atoms in total. The van der Waals surface area contributed by atoms with Gasteiger partial charge in [0, 0.05) is 23.6 Å². The number of para-hydroxylation sites is 1. The van der Waals surface area contributed by atoms with Gasteiger partial charge >= 0.3 is 0 Å². The molecule has 0 radical (unpaired) electrons. The Balaban J connectivity index is 1.87. The maximum atomic E-state index is 13.5. The highest BCUT2D eigenvalue weighted by molar-refractivity contribution is 7.92. The third-order valence-corrected chi connectivity index (χ3v) is 7.28. The molecule has 0 fully saturated rings. The highest BCUT2D eigenvalue weighted by Crippen LogP contribution is 2.27. The van der Waals surface area contributed by atoms with E-state index in [1.807, 2.05) is 18.2 Å². The number of halogens is 2. The van der Waals surface area contributed by atoms with E-state index in [9.17, 15) is 18.0 Å². The Morgan fingerprint density at radius 2 is 1.59 bits per heavy atom. The van der Waals surface area contributed by atoms with Crippen LogP contribution in [0.3, 0.4) is 0 Å². The second kappa shape index (κ2) is 12.3. The van der Waals surface area contributed by atoms with E-state index in [-0.39, 0.29) is 12.2 Å². The lowest BCUT2D eigenvalue weighted by Gasteiger charge is -2.31. The van der Waals surface area contributed by atoms with Crippen molar-refractivity contribution in [3.63, 3.8) is 0 Å². The van der Waals surface area contributed by atoms with Gasteiger partial charge in [-0.05, 0) is 61.0 Å². The minimum absolute atomic E-state index is 0.0229. The number of hydrogen-bond donors (Lipinski definition) is 1. The number of rotatable bonds is 10. The molecular formula is C26H27Cl2N3O5S. The molecule has 0 aliphatic rings. The molecule has 1 unspecified atom stereocenters. The van der Waals surface area contributed by atoms with E-state index in [2.05, 4.69) is 5.32 Å². The second-order valence-corrected chi connectivity index (χ2v) is 11.0. The highest BCUT2D eigenvalue weighted by atomic mass is 35.5. The van der Waals surface area contributed by atoms with Crippen LogP contribution in [0.5, 0.6) is 11.5 Å². The standard InChI is InChI=1S/C26H27Cl2N3O5S/c1-18(26(33)29-2)30(16-19-9-10-20(27)15-24(19)28)25(32)17-31(37(3,34)35)21-11-13-23(14-12-21)36-22-7-5-4-6-8-22/h4-15,18H,16-17H2,1-3H3,(H,29,33). The molecule has 0 aliphatic heterocycles. The molecule has 196 valence electrons. The molecule has 0 heterocycles. The molecule has 1 atom stereocenters. The minimum Gasteiger partial charge on any atom is -0.457 e. The summed E-state index contributed by atoms with van der Waals surface area (Å²) in [6.07, 6.45) is 1.01. The molecule has 3 aromatic carbocycles. The second-order valence-electron chi connectivity index (χ2n) is 8.23. The van der Waals surface area contributed by atoms with Gasteiger partial charge in [-0.2, -0.15) is 0 Å². The molecule has 0 spiro atoms. The molecule has 0 saturated carbocycles. The first-order chi connectivity index (χ1) is 17.5. The molecule has 2 amide bonds. The van der Waals surface area contributed by atoms with Crippen LogP contribution < -0.4 is 14.4 Å². The van der Waals surface area contributed by atoms with Crippen molar-refractivity contribution >= 4 is 50.7 Å². The van der Waals surface area contributed by atoms with E-state index in [1.54, 1.807) is 55.5 Å². The zero-order valence-corrected chi connectivity index (χ0v) is 22.8. The van der Waals surface area contributed by atoms with Crippen LogP contribution in [-0.4, -0.2) is 51.0 Å². The summed E-state index contributed by atoms with van der Waals surface area (Å²) in [5, 5.41) is 3.27. The third-order valence-electron chi connectivity index (χ3n) is 5.55. The summed E-state index contributed by atoms with van der Waals surface area (Å²) in [6.45, 7) is 1.01. The predicted octanol–water partition coefficient (Wildman–Crippen LogP) is 4.72. The van der Waals surface area contributed by atoms with Gasteiger partial charge in [0.15, 0.2) is 0 Å². The van der Waals surface area contributed by atoms with Crippen molar-refractivity contribution in [2.45, 2.75) is 19.5 Å². The lowest BCUT2D eigenvalue weighted by molar-refractivity contribution is -0.139. The maximum Gasteiger partial charge on any atom is 0.244 e. The summed E-state index contributed by atoms with van der Waals surface area (Å²) in [5.74, 6) is 0.135. The summed E-state index contributed by atoms with van der Waals surface area (Å²) in [7, 11) is -2.40. The summed E-state index contributed by atoms with van der Waals surface area (Å²) in [5.41, 5.74) is 0.830. The zero-order chi connectivity index (χ0) is 27.2. The molecule has 0 saturated heterocycles. The Labute approximate surface area is 226 Å². The first-order valence-electron chi connectivity index (χ1n) is 11.2. The number of carbonyl (C=O) groups excluding carboxylic acids is 2. The molecule has 0 bridgehead atoms. The molecule has 0 aromatic heterocycles. The number of hydrogen-bond acceptors (Lipinski definition) is 5. The van der Waals surface area contributed by atoms with Gasteiger partial charge in [0.1, 0.15) is 24.1 Å². The van der Waals surface area contributed by atoms with Gasteiger partial charge in [0.05, 0.1) is 11.9 Å². The van der Waals surface area contributed by atoms with Gasteiger partial charge in [0.2, 0.25) is 21.8 Å². The molecule has 0 aliphatic carbocycles. The quantitative estimate of drug-likeness (QED) is 0.385. The van der Waals surface area contributed by atoms with E-state index in [0.717, 1.165) is 10.6 Å². The van der Waals surface area contributed by atoms with Crippen molar-refractivity contribution in [1.82, 2.24) is 10.2 Å². The van der Waals surface area contributed by atoms with Crippen LogP contribution in [0.4, 0.5) is 5.69 Å². The zero-order valence-electron chi connectivity index (χ0n) is 20.5. The van der Waals surface area contributed by atoms with E-state index in [1.165, 1.54) is 18.0 Å².